The lowest BCUT2D eigenvalue weighted by molar-refractivity contribution is 0.220. The molecule has 106 valence electrons. The molecule has 0 saturated carbocycles. The van der Waals surface area contributed by atoms with E-state index in [-0.39, 0.29) is 18.7 Å². The first-order valence-electron chi connectivity index (χ1n) is 6.43. The smallest absolute Gasteiger partial charge is 0.315 e. The van der Waals surface area contributed by atoms with E-state index in [4.69, 9.17) is 5.11 Å². The lowest BCUT2D eigenvalue weighted by Crippen LogP contribution is -2.41. The Morgan fingerprint density at radius 3 is 2.85 bits per heavy atom. The zero-order chi connectivity index (χ0) is 14.4. The topological polar surface area (TPSA) is 79.2 Å². The van der Waals surface area contributed by atoms with Crippen LogP contribution in [0.25, 0.3) is 5.69 Å². The number of aliphatic hydroxyl groups is 1. The maximum Gasteiger partial charge on any atom is 0.315 e. The molecule has 20 heavy (non-hydrogen) atoms. The number of amides is 2. The summed E-state index contributed by atoms with van der Waals surface area (Å²) >= 11 is 0. The molecule has 0 aliphatic rings. The Morgan fingerprint density at radius 1 is 1.40 bits per heavy atom. The minimum absolute atomic E-state index is 0.0840. The molecule has 1 heterocycles. The molecule has 6 nitrogen and oxygen atoms in total. The number of carbonyl (C=O) groups is 1. The van der Waals surface area contributed by atoms with Gasteiger partial charge in [0.05, 0.1) is 24.5 Å². The lowest BCUT2D eigenvalue weighted by Gasteiger charge is -2.11. The van der Waals surface area contributed by atoms with Crippen LogP contribution >= 0.6 is 0 Å². The van der Waals surface area contributed by atoms with Crippen molar-refractivity contribution in [2.45, 2.75) is 19.5 Å². The Balaban J connectivity index is 1.89. The summed E-state index contributed by atoms with van der Waals surface area (Å²) in [6.45, 7) is 2.03. The van der Waals surface area contributed by atoms with Crippen LogP contribution in [-0.4, -0.2) is 33.6 Å². The SMILES string of the molecule is CC(CO)NC(=O)NCc1cnn(-c2ccccc2)c1. The highest BCUT2D eigenvalue weighted by Crippen LogP contribution is 2.07. The van der Waals surface area contributed by atoms with Crippen molar-refractivity contribution in [2.75, 3.05) is 6.61 Å². The fraction of sp³-hybridized carbons (Fsp3) is 0.286. The van der Waals surface area contributed by atoms with Gasteiger partial charge in [-0.05, 0) is 19.1 Å². The van der Waals surface area contributed by atoms with Crippen LogP contribution in [0.3, 0.4) is 0 Å². The zero-order valence-corrected chi connectivity index (χ0v) is 11.3. The Hall–Kier alpha value is -2.34. The molecular weight excluding hydrogens is 256 g/mol. The third-order valence-electron chi connectivity index (χ3n) is 2.76. The van der Waals surface area contributed by atoms with Crippen LogP contribution in [0, 0.1) is 0 Å². The second-order valence-corrected chi connectivity index (χ2v) is 4.54. The molecule has 1 unspecified atom stereocenters. The van der Waals surface area contributed by atoms with E-state index in [0.29, 0.717) is 6.54 Å². The van der Waals surface area contributed by atoms with Gasteiger partial charge in [-0.25, -0.2) is 9.48 Å². The number of para-hydroxylation sites is 1. The summed E-state index contributed by atoms with van der Waals surface area (Å²) in [4.78, 5) is 11.5. The molecule has 0 saturated heterocycles. The predicted octanol–water partition coefficient (Wildman–Crippen LogP) is 1.05. The highest BCUT2D eigenvalue weighted by molar-refractivity contribution is 5.74. The zero-order valence-electron chi connectivity index (χ0n) is 11.3. The number of aliphatic hydroxyl groups excluding tert-OH is 1. The number of hydrogen-bond acceptors (Lipinski definition) is 3. The number of urea groups is 1. The molecule has 0 bridgehead atoms. The summed E-state index contributed by atoms with van der Waals surface area (Å²) in [6.07, 6.45) is 3.58. The monoisotopic (exact) mass is 274 g/mol. The summed E-state index contributed by atoms with van der Waals surface area (Å²) in [7, 11) is 0. The van der Waals surface area contributed by atoms with Gasteiger partial charge >= 0.3 is 6.03 Å². The molecule has 2 amide bonds. The van der Waals surface area contributed by atoms with E-state index in [1.165, 1.54) is 0 Å². The van der Waals surface area contributed by atoms with E-state index in [9.17, 15) is 4.79 Å². The van der Waals surface area contributed by atoms with Crippen molar-refractivity contribution in [3.8, 4) is 5.69 Å². The van der Waals surface area contributed by atoms with E-state index < -0.39 is 0 Å². The molecule has 1 aromatic heterocycles. The Labute approximate surface area is 117 Å². The van der Waals surface area contributed by atoms with Crippen LogP contribution in [0.5, 0.6) is 0 Å². The van der Waals surface area contributed by atoms with E-state index >= 15 is 0 Å². The molecule has 0 spiro atoms. The van der Waals surface area contributed by atoms with Crippen molar-refractivity contribution in [1.82, 2.24) is 20.4 Å². The van der Waals surface area contributed by atoms with Crippen molar-refractivity contribution in [3.05, 3.63) is 48.3 Å². The van der Waals surface area contributed by atoms with Crippen LogP contribution in [0.2, 0.25) is 0 Å². The fourth-order valence-electron chi connectivity index (χ4n) is 1.68. The lowest BCUT2D eigenvalue weighted by atomic mass is 10.3. The first-order valence-corrected chi connectivity index (χ1v) is 6.43. The molecule has 0 aliphatic carbocycles. The molecule has 1 atom stereocenters. The Kier molecular flexibility index (Phi) is 4.73. The number of benzene rings is 1. The van der Waals surface area contributed by atoms with Gasteiger partial charge in [-0.15, -0.1) is 0 Å². The molecule has 6 heteroatoms. The van der Waals surface area contributed by atoms with E-state index in [0.717, 1.165) is 11.3 Å². The first kappa shape index (κ1) is 14.1. The minimum atomic E-state index is -0.306. The van der Waals surface area contributed by atoms with Crippen molar-refractivity contribution in [2.24, 2.45) is 0 Å². The van der Waals surface area contributed by atoms with Gasteiger partial charge < -0.3 is 15.7 Å². The Morgan fingerprint density at radius 2 is 2.15 bits per heavy atom. The molecular formula is C14H18N4O2. The second kappa shape index (κ2) is 6.72. The number of hydrogen-bond donors (Lipinski definition) is 3. The molecule has 1 aromatic carbocycles. The second-order valence-electron chi connectivity index (χ2n) is 4.54. The summed E-state index contributed by atoms with van der Waals surface area (Å²) < 4.78 is 1.76. The maximum atomic E-state index is 11.5. The van der Waals surface area contributed by atoms with E-state index in [2.05, 4.69) is 15.7 Å². The highest BCUT2D eigenvalue weighted by atomic mass is 16.3. The van der Waals surface area contributed by atoms with Crippen LogP contribution in [0.4, 0.5) is 4.79 Å². The van der Waals surface area contributed by atoms with Gasteiger partial charge in [0, 0.05) is 18.3 Å². The van der Waals surface area contributed by atoms with Crippen molar-refractivity contribution >= 4 is 6.03 Å². The predicted molar refractivity (Wildman–Crippen MR) is 75.5 cm³/mol. The van der Waals surface area contributed by atoms with Gasteiger partial charge in [-0.2, -0.15) is 5.10 Å². The largest absolute Gasteiger partial charge is 0.394 e. The van der Waals surface area contributed by atoms with E-state index in [1.54, 1.807) is 17.8 Å². The molecule has 3 N–H and O–H groups in total. The van der Waals surface area contributed by atoms with Crippen molar-refractivity contribution in [3.63, 3.8) is 0 Å². The highest BCUT2D eigenvalue weighted by Gasteiger charge is 2.06. The van der Waals surface area contributed by atoms with Crippen molar-refractivity contribution in [1.29, 1.82) is 0 Å². The fourth-order valence-corrected chi connectivity index (χ4v) is 1.68. The summed E-state index contributed by atoms with van der Waals surface area (Å²) in [5.74, 6) is 0. The molecule has 2 aromatic rings. The summed E-state index contributed by atoms with van der Waals surface area (Å²) in [5, 5.41) is 18.4. The van der Waals surface area contributed by atoms with Gasteiger partial charge in [-0.3, -0.25) is 0 Å². The van der Waals surface area contributed by atoms with Gasteiger partial charge in [0.2, 0.25) is 0 Å². The standard InChI is InChI=1S/C14H18N4O2/c1-11(10-19)17-14(20)15-7-12-8-16-18(9-12)13-5-3-2-4-6-13/h2-6,8-9,11,19H,7,10H2,1H3,(H2,15,17,20). The molecule has 2 rings (SSSR count). The summed E-state index contributed by atoms with van der Waals surface area (Å²) in [5.41, 5.74) is 1.87. The summed E-state index contributed by atoms with van der Waals surface area (Å²) in [6, 6.07) is 9.18. The normalized spacial score (nSPS) is 11.9. The molecule has 0 aliphatic heterocycles. The minimum Gasteiger partial charge on any atom is -0.394 e. The number of carbonyl (C=O) groups excluding carboxylic acids is 1. The van der Waals surface area contributed by atoms with Gasteiger partial charge in [-0.1, -0.05) is 18.2 Å². The third kappa shape index (κ3) is 3.83. The van der Waals surface area contributed by atoms with Crippen molar-refractivity contribution < 1.29 is 9.90 Å². The van der Waals surface area contributed by atoms with Crippen LogP contribution in [0.1, 0.15) is 12.5 Å². The quantitative estimate of drug-likeness (QED) is 0.762. The van der Waals surface area contributed by atoms with Crippen LogP contribution in [0.15, 0.2) is 42.7 Å². The Bertz CT molecular complexity index is 553. The average molecular weight is 274 g/mol. The number of nitrogens with one attached hydrogen (secondary N) is 2. The van der Waals surface area contributed by atoms with Gasteiger partial charge in [0.15, 0.2) is 0 Å². The number of rotatable bonds is 5. The maximum absolute atomic E-state index is 11.5. The van der Waals surface area contributed by atoms with Gasteiger partial charge in [0.1, 0.15) is 0 Å². The number of aromatic nitrogens is 2. The van der Waals surface area contributed by atoms with E-state index in [1.807, 2.05) is 36.5 Å². The molecule has 0 radical (unpaired) electrons. The van der Waals surface area contributed by atoms with Crippen LogP contribution < -0.4 is 10.6 Å². The van der Waals surface area contributed by atoms with Gasteiger partial charge in [0.25, 0.3) is 0 Å². The third-order valence-corrected chi connectivity index (χ3v) is 2.76. The average Bonchev–Trinajstić information content (AvgIpc) is 2.95. The number of nitrogens with zero attached hydrogens (tertiary/aromatic N) is 2. The molecule has 0 fully saturated rings. The van der Waals surface area contributed by atoms with Crippen LogP contribution in [-0.2, 0) is 6.54 Å². The first-order chi connectivity index (χ1) is 9.69.